The molecule has 0 unspecified atom stereocenters. The lowest BCUT2D eigenvalue weighted by atomic mass is 10.1. The van der Waals surface area contributed by atoms with Crippen molar-refractivity contribution >= 4 is 5.91 Å². The summed E-state index contributed by atoms with van der Waals surface area (Å²) in [4.78, 5) is 14.3. The first-order valence-corrected chi connectivity index (χ1v) is 10.9. The van der Waals surface area contributed by atoms with Gasteiger partial charge in [0.05, 0.1) is 11.4 Å². The molecular weight excluding hydrogens is 424 g/mol. The fourth-order valence-electron chi connectivity index (χ4n) is 3.57. The molecule has 0 atom stereocenters. The highest BCUT2D eigenvalue weighted by Gasteiger charge is 2.15. The molecular formula is C25H25F2N5O. The van der Waals surface area contributed by atoms with Crippen LogP contribution >= 0.6 is 0 Å². The Kier molecular flexibility index (Phi) is 6.92. The Balaban J connectivity index is 1.20. The molecule has 8 heteroatoms. The molecule has 0 saturated heterocycles. The van der Waals surface area contributed by atoms with Gasteiger partial charge in [0, 0.05) is 31.0 Å². The van der Waals surface area contributed by atoms with Crippen molar-refractivity contribution in [3.05, 3.63) is 89.9 Å². The van der Waals surface area contributed by atoms with E-state index in [1.807, 2.05) is 6.07 Å². The second kappa shape index (κ2) is 10.2. The van der Waals surface area contributed by atoms with Gasteiger partial charge in [-0.25, -0.2) is 13.5 Å². The number of H-pyrrole nitrogens is 1. The van der Waals surface area contributed by atoms with E-state index in [1.165, 1.54) is 24.3 Å². The van der Waals surface area contributed by atoms with Crippen molar-refractivity contribution in [2.75, 3.05) is 13.6 Å². The van der Waals surface area contributed by atoms with Crippen molar-refractivity contribution < 1.29 is 13.6 Å². The third kappa shape index (κ3) is 5.71. The van der Waals surface area contributed by atoms with Gasteiger partial charge in [0.25, 0.3) is 5.91 Å². The molecule has 33 heavy (non-hydrogen) atoms. The minimum atomic E-state index is -0.317. The van der Waals surface area contributed by atoms with Crippen LogP contribution in [0, 0.1) is 11.6 Å². The van der Waals surface area contributed by atoms with E-state index in [4.69, 9.17) is 0 Å². The van der Waals surface area contributed by atoms with E-state index < -0.39 is 0 Å². The number of aryl methyl sites for hydroxylation is 1. The summed E-state index contributed by atoms with van der Waals surface area (Å²) < 4.78 is 27.7. The van der Waals surface area contributed by atoms with E-state index in [-0.39, 0.29) is 17.5 Å². The van der Waals surface area contributed by atoms with E-state index in [0.717, 1.165) is 42.6 Å². The van der Waals surface area contributed by atoms with Gasteiger partial charge in [0.1, 0.15) is 11.6 Å². The van der Waals surface area contributed by atoms with Gasteiger partial charge < -0.3 is 4.90 Å². The van der Waals surface area contributed by atoms with E-state index >= 15 is 0 Å². The van der Waals surface area contributed by atoms with Crippen LogP contribution in [0.2, 0.25) is 0 Å². The van der Waals surface area contributed by atoms with Gasteiger partial charge in [0.15, 0.2) is 5.69 Å². The van der Waals surface area contributed by atoms with Crippen LogP contribution in [0.15, 0.2) is 66.9 Å². The van der Waals surface area contributed by atoms with Crippen molar-refractivity contribution in [1.29, 1.82) is 0 Å². The maximum Gasteiger partial charge on any atom is 0.274 e. The summed E-state index contributed by atoms with van der Waals surface area (Å²) >= 11 is 0. The summed E-state index contributed by atoms with van der Waals surface area (Å²) in [7, 11) is 1.77. The van der Waals surface area contributed by atoms with E-state index in [1.54, 1.807) is 53.2 Å². The fraction of sp³-hybridized carbons (Fsp3) is 0.240. The molecule has 0 bridgehead atoms. The minimum Gasteiger partial charge on any atom is -0.340 e. The van der Waals surface area contributed by atoms with Gasteiger partial charge in [0.2, 0.25) is 0 Å². The number of aromatic amines is 1. The predicted octanol–water partition coefficient (Wildman–Crippen LogP) is 5.03. The number of aromatic nitrogens is 4. The number of unbranched alkanes of at least 4 members (excludes halogenated alkanes) is 2. The molecule has 2 aromatic carbocycles. The molecule has 2 heterocycles. The molecule has 0 fully saturated rings. The lowest BCUT2D eigenvalue weighted by molar-refractivity contribution is 0.0786. The summed E-state index contributed by atoms with van der Waals surface area (Å²) in [6.07, 6.45) is 5.35. The first kappa shape index (κ1) is 22.4. The van der Waals surface area contributed by atoms with Crippen molar-refractivity contribution in [3.63, 3.8) is 0 Å². The van der Waals surface area contributed by atoms with E-state index in [0.29, 0.717) is 17.9 Å². The Morgan fingerprint density at radius 1 is 0.970 bits per heavy atom. The second-order valence-electron chi connectivity index (χ2n) is 7.94. The largest absolute Gasteiger partial charge is 0.340 e. The van der Waals surface area contributed by atoms with Crippen molar-refractivity contribution in [2.45, 2.75) is 25.7 Å². The van der Waals surface area contributed by atoms with Crippen molar-refractivity contribution in [3.8, 4) is 16.9 Å². The summed E-state index contributed by atoms with van der Waals surface area (Å²) in [5.41, 5.74) is 3.76. The average molecular weight is 450 g/mol. The molecule has 6 nitrogen and oxygen atoms in total. The number of carbonyl (C=O) groups is 1. The molecule has 0 aliphatic rings. The van der Waals surface area contributed by atoms with Gasteiger partial charge in [-0.2, -0.15) is 10.2 Å². The van der Waals surface area contributed by atoms with Gasteiger partial charge in [-0.3, -0.25) is 9.89 Å². The number of rotatable bonds is 9. The quantitative estimate of drug-likeness (QED) is 0.365. The first-order chi connectivity index (χ1) is 16.0. The summed E-state index contributed by atoms with van der Waals surface area (Å²) in [5.74, 6) is -0.727. The maximum atomic E-state index is 13.1. The Morgan fingerprint density at radius 3 is 2.39 bits per heavy atom. The Morgan fingerprint density at radius 2 is 1.67 bits per heavy atom. The second-order valence-corrected chi connectivity index (χ2v) is 7.94. The number of nitrogens with zero attached hydrogens (tertiary/aromatic N) is 4. The summed E-state index contributed by atoms with van der Waals surface area (Å²) in [6, 6.07) is 15.9. The smallest absolute Gasteiger partial charge is 0.274 e. The van der Waals surface area contributed by atoms with Crippen molar-refractivity contribution in [2.24, 2.45) is 0 Å². The zero-order valence-corrected chi connectivity index (χ0v) is 18.3. The predicted molar refractivity (Wildman–Crippen MR) is 122 cm³/mol. The third-order valence-electron chi connectivity index (χ3n) is 5.46. The standard InChI is InChI=1S/C25H25F2N5O/c1-31(25(33)23-14-16-32(30-23)22-12-10-20(27)11-13-22)15-4-2-3-5-21-17-24(29-28-21)18-6-8-19(26)9-7-18/h6-14,16-17H,2-5,15H2,1H3,(H,28,29). The number of halogens is 2. The molecule has 0 spiro atoms. The normalized spacial score (nSPS) is 11.0. The molecule has 1 N–H and O–H groups in total. The van der Waals surface area contributed by atoms with Crippen LogP contribution in [0.1, 0.15) is 35.4 Å². The monoisotopic (exact) mass is 449 g/mol. The van der Waals surface area contributed by atoms with Crippen LogP contribution in [-0.4, -0.2) is 44.4 Å². The minimum absolute atomic E-state index is 0.145. The molecule has 1 amide bonds. The highest BCUT2D eigenvalue weighted by atomic mass is 19.1. The van der Waals surface area contributed by atoms with Crippen LogP contribution in [-0.2, 0) is 6.42 Å². The van der Waals surface area contributed by atoms with Crippen LogP contribution in [0.3, 0.4) is 0 Å². The summed E-state index contributed by atoms with van der Waals surface area (Å²) in [6.45, 7) is 0.631. The lowest BCUT2D eigenvalue weighted by Gasteiger charge is -2.15. The zero-order valence-electron chi connectivity index (χ0n) is 18.3. The number of amides is 1. The molecule has 2 aromatic heterocycles. The van der Waals surface area contributed by atoms with Gasteiger partial charge >= 0.3 is 0 Å². The van der Waals surface area contributed by atoms with Crippen LogP contribution in [0.5, 0.6) is 0 Å². The lowest BCUT2D eigenvalue weighted by Crippen LogP contribution is -2.28. The van der Waals surface area contributed by atoms with Gasteiger partial charge in [-0.1, -0.05) is 6.42 Å². The van der Waals surface area contributed by atoms with Crippen LogP contribution in [0.4, 0.5) is 8.78 Å². The number of hydrogen-bond donors (Lipinski definition) is 1. The van der Waals surface area contributed by atoms with Gasteiger partial charge in [-0.05, 0) is 79.9 Å². The molecule has 4 aromatic rings. The van der Waals surface area contributed by atoms with Crippen LogP contribution in [0.25, 0.3) is 16.9 Å². The van der Waals surface area contributed by atoms with Crippen LogP contribution < -0.4 is 0 Å². The molecule has 0 aliphatic carbocycles. The Bertz CT molecular complexity index is 1200. The number of carbonyl (C=O) groups excluding carboxylic acids is 1. The number of nitrogens with one attached hydrogen (secondary N) is 1. The van der Waals surface area contributed by atoms with E-state index in [9.17, 15) is 13.6 Å². The number of hydrogen-bond acceptors (Lipinski definition) is 3. The summed E-state index contributed by atoms with van der Waals surface area (Å²) in [5, 5.41) is 11.7. The Hall–Kier alpha value is -3.81. The highest BCUT2D eigenvalue weighted by Crippen LogP contribution is 2.19. The fourth-order valence-corrected chi connectivity index (χ4v) is 3.57. The van der Waals surface area contributed by atoms with Crippen molar-refractivity contribution in [1.82, 2.24) is 24.9 Å². The maximum absolute atomic E-state index is 13.1. The third-order valence-corrected chi connectivity index (χ3v) is 5.46. The zero-order chi connectivity index (χ0) is 23.2. The average Bonchev–Trinajstić information content (AvgIpc) is 3.49. The highest BCUT2D eigenvalue weighted by molar-refractivity contribution is 5.92. The molecule has 0 saturated carbocycles. The Labute approximate surface area is 190 Å². The number of benzene rings is 2. The van der Waals surface area contributed by atoms with E-state index in [2.05, 4.69) is 15.3 Å². The molecule has 170 valence electrons. The first-order valence-electron chi connectivity index (χ1n) is 10.9. The molecule has 0 aliphatic heterocycles. The molecule has 0 radical (unpaired) electrons. The molecule has 4 rings (SSSR count). The van der Waals surface area contributed by atoms with Gasteiger partial charge in [-0.15, -0.1) is 0 Å². The SMILES string of the molecule is CN(CCCCCc1cc(-c2ccc(F)cc2)n[nH]1)C(=O)c1ccn(-c2ccc(F)cc2)n1. The topological polar surface area (TPSA) is 66.8 Å².